The predicted molar refractivity (Wildman–Crippen MR) is 164 cm³/mol. The molecule has 0 bridgehead atoms. The molecule has 0 radical (unpaired) electrons. The molecule has 6 rings (SSSR count). The van der Waals surface area contributed by atoms with E-state index in [1.54, 1.807) is 30.6 Å². The molecule has 1 aliphatic rings. The number of thiophene rings is 1. The van der Waals surface area contributed by atoms with Gasteiger partial charge in [-0.15, -0.1) is 11.3 Å². The molecule has 43 heavy (non-hydrogen) atoms. The van der Waals surface area contributed by atoms with E-state index in [9.17, 15) is 18.7 Å². The summed E-state index contributed by atoms with van der Waals surface area (Å²) in [6.07, 6.45) is 3.59. The van der Waals surface area contributed by atoms with Gasteiger partial charge in [0.25, 0.3) is 0 Å². The third-order valence-electron chi connectivity index (χ3n) is 7.42. The Hall–Kier alpha value is -3.32. The summed E-state index contributed by atoms with van der Waals surface area (Å²) in [7, 11) is -4.38. The summed E-state index contributed by atoms with van der Waals surface area (Å²) < 4.78 is 35.9. The van der Waals surface area contributed by atoms with Crippen LogP contribution >= 0.6 is 30.5 Å². The van der Waals surface area contributed by atoms with Crippen molar-refractivity contribution in [2.75, 3.05) is 31.1 Å². The molecular weight excluding hydrogens is 616 g/mol. The number of rotatable bonds is 10. The zero-order valence-corrected chi connectivity index (χ0v) is 25.8. The second-order valence-corrected chi connectivity index (χ2v) is 13.6. The van der Waals surface area contributed by atoms with Crippen LogP contribution in [-0.4, -0.2) is 65.0 Å². The summed E-state index contributed by atoms with van der Waals surface area (Å²) in [5.74, 6) is 1.61. The highest BCUT2D eigenvalue weighted by molar-refractivity contribution is 7.68. The lowest BCUT2D eigenvalue weighted by molar-refractivity contribution is 0.240. The number of halogens is 2. The molecular formula is C28H30ClFN7O4PS. The van der Waals surface area contributed by atoms with Gasteiger partial charge < -0.3 is 28.6 Å². The molecule has 0 spiro atoms. The van der Waals surface area contributed by atoms with Gasteiger partial charge in [-0.1, -0.05) is 23.7 Å². The first-order valence-electron chi connectivity index (χ1n) is 13.7. The van der Waals surface area contributed by atoms with Crippen molar-refractivity contribution in [3.05, 3.63) is 82.9 Å². The first-order valence-corrected chi connectivity index (χ1v) is 16.5. The van der Waals surface area contributed by atoms with Gasteiger partial charge in [-0.3, -0.25) is 9.46 Å². The minimum absolute atomic E-state index is 0.0138. The van der Waals surface area contributed by atoms with Gasteiger partial charge in [0.1, 0.15) is 33.5 Å². The van der Waals surface area contributed by atoms with Crippen molar-refractivity contribution in [2.24, 2.45) is 0 Å². The van der Waals surface area contributed by atoms with Gasteiger partial charge in [-0.25, -0.2) is 14.4 Å². The van der Waals surface area contributed by atoms with Crippen LogP contribution in [0.2, 0.25) is 5.02 Å². The Morgan fingerprint density at radius 1 is 1.09 bits per heavy atom. The van der Waals surface area contributed by atoms with Crippen LogP contribution in [0.3, 0.4) is 0 Å². The SMILES string of the molecule is CCn1cncc1Cn1c(CN2CCN(c3cccc(OCc4ccc(Cl)cc4F)n3)CC2)nc2sc(P(=O)(O)O)cc21. The number of fused-ring (bicyclic) bond motifs is 1. The smallest absolute Gasteiger partial charge is 0.366 e. The average molecular weight is 646 g/mol. The third-order valence-corrected chi connectivity index (χ3v) is 10.2. The van der Waals surface area contributed by atoms with Crippen molar-refractivity contribution >= 4 is 51.3 Å². The number of aryl methyl sites for hydroxylation is 1. The van der Waals surface area contributed by atoms with Crippen molar-refractivity contribution in [3.63, 3.8) is 0 Å². The van der Waals surface area contributed by atoms with Gasteiger partial charge in [0.2, 0.25) is 5.88 Å². The summed E-state index contributed by atoms with van der Waals surface area (Å²) in [5.41, 5.74) is 2.10. The molecule has 0 saturated carbocycles. The molecule has 1 saturated heterocycles. The molecule has 0 amide bonds. The number of aromatic nitrogens is 5. The lowest BCUT2D eigenvalue weighted by Crippen LogP contribution is -2.46. The molecule has 2 N–H and O–H groups in total. The average Bonchev–Trinajstić information content (AvgIpc) is 3.69. The number of hydrogen-bond donors (Lipinski definition) is 2. The fourth-order valence-electron chi connectivity index (χ4n) is 5.10. The first-order chi connectivity index (χ1) is 20.7. The van der Waals surface area contributed by atoms with E-state index >= 15 is 0 Å². The quantitative estimate of drug-likeness (QED) is 0.215. The molecule has 1 fully saturated rings. The normalized spacial score (nSPS) is 14.6. The van der Waals surface area contributed by atoms with E-state index in [1.807, 2.05) is 34.4 Å². The fraction of sp³-hybridized carbons (Fsp3) is 0.321. The third kappa shape index (κ3) is 6.62. The Labute approximate surface area is 256 Å². The van der Waals surface area contributed by atoms with Gasteiger partial charge in [0, 0.05) is 55.6 Å². The van der Waals surface area contributed by atoms with E-state index < -0.39 is 13.4 Å². The van der Waals surface area contributed by atoms with Crippen LogP contribution in [0.4, 0.5) is 10.2 Å². The van der Waals surface area contributed by atoms with E-state index in [-0.39, 0.29) is 11.2 Å². The summed E-state index contributed by atoms with van der Waals surface area (Å²) in [6.45, 7) is 6.95. The maximum Gasteiger partial charge on any atom is 0.366 e. The summed E-state index contributed by atoms with van der Waals surface area (Å²) in [6, 6.07) is 11.6. The Kier molecular flexibility index (Phi) is 8.54. The van der Waals surface area contributed by atoms with E-state index in [4.69, 9.17) is 21.3 Å². The van der Waals surface area contributed by atoms with Crippen LogP contribution in [0, 0.1) is 5.82 Å². The van der Waals surface area contributed by atoms with Crippen molar-refractivity contribution in [2.45, 2.75) is 33.2 Å². The lowest BCUT2D eigenvalue weighted by atomic mass is 10.2. The molecule has 0 aliphatic carbocycles. The van der Waals surface area contributed by atoms with Crippen molar-refractivity contribution in [3.8, 4) is 5.88 Å². The van der Waals surface area contributed by atoms with Crippen molar-refractivity contribution < 1.29 is 23.5 Å². The molecule has 11 nitrogen and oxygen atoms in total. The zero-order valence-electron chi connectivity index (χ0n) is 23.3. The van der Waals surface area contributed by atoms with Crippen LogP contribution in [0.25, 0.3) is 10.3 Å². The van der Waals surface area contributed by atoms with Crippen molar-refractivity contribution in [1.82, 2.24) is 29.0 Å². The molecule has 1 aliphatic heterocycles. The molecule has 5 heterocycles. The van der Waals surface area contributed by atoms with E-state index in [2.05, 4.69) is 19.8 Å². The highest BCUT2D eigenvalue weighted by atomic mass is 35.5. The summed E-state index contributed by atoms with van der Waals surface area (Å²) >= 11 is 6.88. The largest absolute Gasteiger partial charge is 0.473 e. The molecule has 0 unspecified atom stereocenters. The molecule has 0 atom stereocenters. The monoisotopic (exact) mass is 645 g/mol. The van der Waals surface area contributed by atoms with Crippen LogP contribution < -0.4 is 14.3 Å². The number of pyridine rings is 1. The highest BCUT2D eigenvalue weighted by Crippen LogP contribution is 2.39. The second kappa shape index (κ2) is 12.4. The minimum atomic E-state index is -4.38. The minimum Gasteiger partial charge on any atom is -0.473 e. The van der Waals surface area contributed by atoms with E-state index in [0.29, 0.717) is 39.9 Å². The van der Waals surface area contributed by atoms with Crippen LogP contribution in [0.15, 0.2) is 55.0 Å². The predicted octanol–water partition coefficient (Wildman–Crippen LogP) is 4.25. The van der Waals surface area contributed by atoms with Crippen LogP contribution in [-0.2, 0) is 30.8 Å². The molecule has 4 aromatic heterocycles. The van der Waals surface area contributed by atoms with Gasteiger partial charge in [0.05, 0.1) is 30.6 Å². The topological polar surface area (TPSA) is 122 Å². The van der Waals surface area contributed by atoms with Gasteiger partial charge in [0.15, 0.2) is 0 Å². The lowest BCUT2D eigenvalue weighted by Gasteiger charge is -2.35. The number of hydrogen-bond acceptors (Lipinski definition) is 8. The van der Waals surface area contributed by atoms with E-state index in [0.717, 1.165) is 61.4 Å². The van der Waals surface area contributed by atoms with Gasteiger partial charge in [-0.2, -0.15) is 4.98 Å². The molecule has 1 aromatic carbocycles. The number of ether oxygens (including phenoxy) is 1. The standard InChI is InChI=1S/C28H30ClFN7O4PS/c1-2-35-18-31-14-21(35)15-37-23-13-27(42(38,39)40)43-28(23)33-25(37)16-34-8-10-36(11-9-34)24-4-3-5-26(32-24)41-17-19-6-7-20(29)12-22(19)30/h3-7,12-14,18H,2,8-11,15-17H2,1H3,(H2,38,39,40). The Morgan fingerprint density at radius 2 is 1.91 bits per heavy atom. The fourth-order valence-corrected chi connectivity index (χ4v) is 7.08. The first kappa shape index (κ1) is 29.7. The van der Waals surface area contributed by atoms with Gasteiger partial charge >= 0.3 is 7.60 Å². The Balaban J connectivity index is 1.14. The Morgan fingerprint density at radius 3 is 2.65 bits per heavy atom. The maximum atomic E-state index is 14.1. The number of benzene rings is 1. The van der Waals surface area contributed by atoms with Crippen LogP contribution in [0.5, 0.6) is 5.88 Å². The number of imidazole rings is 2. The molecule has 226 valence electrons. The van der Waals surface area contributed by atoms with Crippen molar-refractivity contribution in [1.29, 1.82) is 0 Å². The highest BCUT2D eigenvalue weighted by Gasteiger charge is 2.26. The second-order valence-electron chi connectivity index (χ2n) is 10.2. The molecule has 5 aromatic rings. The molecule has 15 heteroatoms. The summed E-state index contributed by atoms with van der Waals surface area (Å²) in [5, 5.41) is 0.335. The number of piperazine rings is 1. The number of nitrogens with zero attached hydrogens (tertiary/aromatic N) is 7. The maximum absolute atomic E-state index is 14.1. The van der Waals surface area contributed by atoms with Crippen LogP contribution in [0.1, 0.15) is 24.0 Å². The zero-order chi connectivity index (χ0) is 30.1. The number of anilines is 1. The Bertz CT molecular complexity index is 1800. The van der Waals surface area contributed by atoms with Gasteiger partial charge in [-0.05, 0) is 31.2 Å². The summed E-state index contributed by atoms with van der Waals surface area (Å²) in [4.78, 5) is 38.3. The van der Waals surface area contributed by atoms with E-state index in [1.165, 1.54) is 6.07 Å².